The van der Waals surface area contributed by atoms with Crippen molar-refractivity contribution < 1.29 is 14.6 Å². The molecule has 0 saturated heterocycles. The van der Waals surface area contributed by atoms with Crippen LogP contribution < -0.4 is 0 Å². The zero-order valence-corrected chi connectivity index (χ0v) is 10.4. The van der Waals surface area contributed by atoms with E-state index in [1.807, 2.05) is 13.8 Å². The fourth-order valence-electron chi connectivity index (χ4n) is 3.12. The zero-order valence-electron chi connectivity index (χ0n) is 10.4. The third kappa shape index (κ3) is 2.27. The average Bonchev–Trinajstić information content (AvgIpc) is 2.73. The lowest BCUT2D eigenvalue weighted by Gasteiger charge is -2.51. The molecule has 0 amide bonds. The van der Waals surface area contributed by atoms with E-state index >= 15 is 0 Å². The van der Waals surface area contributed by atoms with Crippen LogP contribution in [-0.4, -0.2) is 36.6 Å². The van der Waals surface area contributed by atoms with Crippen molar-refractivity contribution in [3.63, 3.8) is 0 Å². The van der Waals surface area contributed by atoms with Crippen molar-refractivity contribution in [3.05, 3.63) is 0 Å². The third-order valence-corrected chi connectivity index (χ3v) is 4.13. The minimum atomic E-state index is -0.119. The molecule has 0 aromatic carbocycles. The number of aliphatic hydroxyl groups is 1. The van der Waals surface area contributed by atoms with Gasteiger partial charge >= 0.3 is 0 Å². The zero-order chi connectivity index (χ0) is 11.6. The van der Waals surface area contributed by atoms with Crippen LogP contribution in [0.25, 0.3) is 0 Å². The van der Waals surface area contributed by atoms with Crippen LogP contribution in [0.5, 0.6) is 0 Å². The van der Waals surface area contributed by atoms with Crippen LogP contribution in [0.4, 0.5) is 0 Å². The van der Waals surface area contributed by atoms with E-state index in [1.54, 1.807) is 0 Å². The first-order chi connectivity index (χ1) is 7.65. The van der Waals surface area contributed by atoms with E-state index in [9.17, 15) is 5.11 Å². The molecule has 2 fully saturated rings. The van der Waals surface area contributed by atoms with Gasteiger partial charge in [0, 0.05) is 11.8 Å². The standard InChI is InChI=1S/C13H24O3/c1-10(2)15-7-8-16-12-9-11(14)13(12)5-3-4-6-13/h10-12,14H,3-9H2,1-2H3. The molecule has 2 aliphatic rings. The summed E-state index contributed by atoms with van der Waals surface area (Å²) in [5.41, 5.74) is 0.109. The second-order valence-corrected chi connectivity index (χ2v) is 5.47. The normalized spacial score (nSPS) is 32.2. The summed E-state index contributed by atoms with van der Waals surface area (Å²) in [7, 11) is 0. The molecule has 0 heterocycles. The third-order valence-electron chi connectivity index (χ3n) is 4.13. The summed E-state index contributed by atoms with van der Waals surface area (Å²) < 4.78 is 11.3. The van der Waals surface area contributed by atoms with Gasteiger partial charge in [0.25, 0.3) is 0 Å². The van der Waals surface area contributed by atoms with Gasteiger partial charge in [0.15, 0.2) is 0 Å². The number of hydrogen-bond donors (Lipinski definition) is 1. The SMILES string of the molecule is CC(C)OCCOC1CC(O)C12CCCC2. The molecule has 3 heteroatoms. The second-order valence-electron chi connectivity index (χ2n) is 5.47. The molecule has 0 aromatic heterocycles. The van der Waals surface area contributed by atoms with Crippen LogP contribution in [0.15, 0.2) is 0 Å². The van der Waals surface area contributed by atoms with Crippen molar-refractivity contribution in [2.75, 3.05) is 13.2 Å². The van der Waals surface area contributed by atoms with Crippen molar-refractivity contribution in [3.8, 4) is 0 Å². The first-order valence-corrected chi connectivity index (χ1v) is 6.56. The number of aliphatic hydroxyl groups excluding tert-OH is 1. The quantitative estimate of drug-likeness (QED) is 0.733. The Hall–Kier alpha value is -0.120. The van der Waals surface area contributed by atoms with Crippen molar-refractivity contribution >= 4 is 0 Å². The highest BCUT2D eigenvalue weighted by Crippen LogP contribution is 2.54. The van der Waals surface area contributed by atoms with Gasteiger partial charge in [-0.2, -0.15) is 0 Å². The Balaban J connectivity index is 1.70. The highest BCUT2D eigenvalue weighted by molar-refractivity contribution is 5.06. The van der Waals surface area contributed by atoms with Crippen molar-refractivity contribution in [1.82, 2.24) is 0 Å². The Morgan fingerprint density at radius 3 is 2.50 bits per heavy atom. The summed E-state index contributed by atoms with van der Waals surface area (Å²) in [6, 6.07) is 0. The summed E-state index contributed by atoms with van der Waals surface area (Å²) in [4.78, 5) is 0. The molecule has 2 saturated carbocycles. The Kier molecular flexibility index (Phi) is 3.88. The van der Waals surface area contributed by atoms with Gasteiger partial charge in [-0.15, -0.1) is 0 Å². The minimum absolute atomic E-state index is 0.109. The summed E-state index contributed by atoms with van der Waals surface area (Å²) in [5, 5.41) is 9.90. The lowest BCUT2D eigenvalue weighted by Crippen LogP contribution is -2.56. The molecule has 0 aliphatic heterocycles. The maximum absolute atomic E-state index is 9.90. The predicted octanol–water partition coefficient (Wildman–Crippen LogP) is 2.12. The van der Waals surface area contributed by atoms with E-state index in [4.69, 9.17) is 9.47 Å². The molecule has 2 unspecified atom stereocenters. The lowest BCUT2D eigenvalue weighted by molar-refractivity contribution is -0.194. The Bertz CT molecular complexity index is 221. The summed E-state index contributed by atoms with van der Waals surface area (Å²) in [5.74, 6) is 0. The van der Waals surface area contributed by atoms with Crippen LogP contribution in [0.1, 0.15) is 46.0 Å². The number of hydrogen-bond acceptors (Lipinski definition) is 3. The first-order valence-electron chi connectivity index (χ1n) is 6.56. The van der Waals surface area contributed by atoms with Crippen LogP contribution in [0.2, 0.25) is 0 Å². The van der Waals surface area contributed by atoms with Gasteiger partial charge in [0.05, 0.1) is 31.5 Å². The molecule has 2 aliphatic carbocycles. The fraction of sp³-hybridized carbons (Fsp3) is 1.00. The molecular formula is C13H24O3. The van der Waals surface area contributed by atoms with Gasteiger partial charge in [-0.25, -0.2) is 0 Å². The topological polar surface area (TPSA) is 38.7 Å². The van der Waals surface area contributed by atoms with E-state index in [2.05, 4.69) is 0 Å². The average molecular weight is 228 g/mol. The van der Waals surface area contributed by atoms with E-state index in [0.717, 1.165) is 19.3 Å². The Morgan fingerprint density at radius 1 is 1.25 bits per heavy atom. The second kappa shape index (κ2) is 5.03. The Labute approximate surface area is 98.1 Å². The van der Waals surface area contributed by atoms with Crippen LogP contribution >= 0.6 is 0 Å². The molecule has 0 radical (unpaired) electrons. The summed E-state index contributed by atoms with van der Waals surface area (Å²) in [6.45, 7) is 5.40. The maximum Gasteiger partial charge on any atom is 0.0704 e. The van der Waals surface area contributed by atoms with Crippen LogP contribution in [-0.2, 0) is 9.47 Å². The fourth-order valence-corrected chi connectivity index (χ4v) is 3.12. The number of ether oxygens (including phenoxy) is 2. The highest BCUT2D eigenvalue weighted by atomic mass is 16.5. The molecule has 1 N–H and O–H groups in total. The van der Waals surface area contributed by atoms with E-state index in [0.29, 0.717) is 13.2 Å². The van der Waals surface area contributed by atoms with Crippen molar-refractivity contribution in [1.29, 1.82) is 0 Å². The summed E-state index contributed by atoms with van der Waals surface area (Å²) in [6.07, 6.45) is 6.04. The first kappa shape index (κ1) is 12.3. The van der Waals surface area contributed by atoms with Gasteiger partial charge in [0.1, 0.15) is 0 Å². The van der Waals surface area contributed by atoms with E-state index in [-0.39, 0.29) is 23.7 Å². The van der Waals surface area contributed by atoms with Crippen molar-refractivity contribution in [2.24, 2.45) is 5.41 Å². The number of rotatable bonds is 5. The highest BCUT2D eigenvalue weighted by Gasteiger charge is 2.56. The van der Waals surface area contributed by atoms with Gasteiger partial charge in [-0.05, 0) is 26.7 Å². The minimum Gasteiger partial charge on any atom is -0.392 e. The molecule has 94 valence electrons. The molecule has 3 nitrogen and oxygen atoms in total. The van der Waals surface area contributed by atoms with Gasteiger partial charge in [0.2, 0.25) is 0 Å². The maximum atomic E-state index is 9.90. The van der Waals surface area contributed by atoms with E-state index in [1.165, 1.54) is 12.8 Å². The molecular weight excluding hydrogens is 204 g/mol. The molecule has 0 bridgehead atoms. The van der Waals surface area contributed by atoms with Crippen LogP contribution in [0, 0.1) is 5.41 Å². The molecule has 1 spiro atoms. The predicted molar refractivity (Wildman–Crippen MR) is 62.4 cm³/mol. The van der Waals surface area contributed by atoms with Gasteiger partial charge in [-0.3, -0.25) is 0 Å². The van der Waals surface area contributed by atoms with Crippen molar-refractivity contribution in [2.45, 2.75) is 64.3 Å². The molecule has 16 heavy (non-hydrogen) atoms. The van der Waals surface area contributed by atoms with Gasteiger partial charge < -0.3 is 14.6 Å². The largest absolute Gasteiger partial charge is 0.392 e. The van der Waals surface area contributed by atoms with E-state index < -0.39 is 0 Å². The smallest absolute Gasteiger partial charge is 0.0704 e. The Morgan fingerprint density at radius 2 is 1.94 bits per heavy atom. The molecule has 2 atom stereocenters. The monoisotopic (exact) mass is 228 g/mol. The van der Waals surface area contributed by atoms with Crippen LogP contribution in [0.3, 0.4) is 0 Å². The lowest BCUT2D eigenvalue weighted by atomic mass is 9.62. The van der Waals surface area contributed by atoms with Gasteiger partial charge in [-0.1, -0.05) is 12.8 Å². The summed E-state index contributed by atoms with van der Waals surface area (Å²) >= 11 is 0. The molecule has 0 aromatic rings. The molecule has 2 rings (SSSR count).